The molecular weight excluding hydrogens is 385 g/mol. The molecule has 1 atom stereocenters. The number of aromatic nitrogens is 1. The number of esters is 1. The number of amides is 3. The van der Waals surface area contributed by atoms with Crippen LogP contribution in [-0.2, 0) is 9.53 Å². The second kappa shape index (κ2) is 8.47. The first-order valence-corrected chi connectivity index (χ1v) is 9.35. The minimum absolute atomic E-state index is 0.234. The van der Waals surface area contributed by atoms with E-state index in [1.807, 2.05) is 0 Å². The van der Waals surface area contributed by atoms with E-state index in [0.29, 0.717) is 16.3 Å². The number of rotatable bonds is 4. The Kier molecular flexibility index (Phi) is 6.50. The van der Waals surface area contributed by atoms with Gasteiger partial charge in [-0.25, -0.2) is 19.0 Å². The van der Waals surface area contributed by atoms with Gasteiger partial charge in [-0.15, -0.1) is 11.3 Å². The summed E-state index contributed by atoms with van der Waals surface area (Å²) in [6.07, 6.45) is -1.17. The van der Waals surface area contributed by atoms with E-state index in [1.54, 1.807) is 39.8 Å². The van der Waals surface area contributed by atoms with Crippen molar-refractivity contribution in [2.24, 2.45) is 0 Å². The third-order valence-corrected chi connectivity index (χ3v) is 4.64. The third kappa shape index (κ3) is 5.85. The molecule has 1 heterocycles. The van der Waals surface area contributed by atoms with Crippen molar-refractivity contribution in [2.75, 3.05) is 0 Å². The topological polar surface area (TPSA) is 97.4 Å². The molecule has 2 rings (SSSR count). The average Bonchev–Trinajstić information content (AvgIpc) is 2.95. The summed E-state index contributed by atoms with van der Waals surface area (Å²) in [5, 5.41) is 5.24. The molecular formula is C19H22FN3O4S. The van der Waals surface area contributed by atoms with E-state index >= 15 is 0 Å². The van der Waals surface area contributed by atoms with E-state index in [4.69, 9.17) is 4.74 Å². The van der Waals surface area contributed by atoms with Crippen LogP contribution in [0.1, 0.15) is 43.1 Å². The van der Waals surface area contributed by atoms with Gasteiger partial charge >= 0.3 is 12.0 Å². The molecule has 0 unspecified atom stereocenters. The van der Waals surface area contributed by atoms with E-state index in [1.165, 1.54) is 19.1 Å². The van der Waals surface area contributed by atoms with E-state index in [0.717, 1.165) is 11.3 Å². The molecule has 1 aromatic heterocycles. The molecule has 0 fully saturated rings. The predicted octanol–water partition coefficient (Wildman–Crippen LogP) is 3.43. The van der Waals surface area contributed by atoms with Gasteiger partial charge in [0.25, 0.3) is 5.91 Å². The minimum atomic E-state index is -1.17. The van der Waals surface area contributed by atoms with Crippen LogP contribution in [0.15, 0.2) is 24.3 Å². The molecule has 0 aliphatic rings. The molecule has 1 aromatic carbocycles. The largest absolute Gasteiger partial charge is 0.448 e. The molecule has 28 heavy (non-hydrogen) atoms. The van der Waals surface area contributed by atoms with Crippen LogP contribution in [0.4, 0.5) is 9.18 Å². The summed E-state index contributed by atoms with van der Waals surface area (Å²) in [6.45, 7) is 8.32. The Morgan fingerprint density at radius 2 is 1.79 bits per heavy atom. The van der Waals surface area contributed by atoms with Crippen molar-refractivity contribution in [2.45, 2.75) is 46.3 Å². The van der Waals surface area contributed by atoms with Crippen LogP contribution >= 0.6 is 11.3 Å². The molecule has 0 saturated heterocycles. The fourth-order valence-electron chi connectivity index (χ4n) is 2.15. The van der Waals surface area contributed by atoms with Crippen molar-refractivity contribution in [3.63, 3.8) is 0 Å². The first kappa shape index (κ1) is 21.5. The number of thiazole rings is 1. The first-order chi connectivity index (χ1) is 13.0. The number of aryl methyl sites for hydroxylation is 1. The lowest BCUT2D eigenvalue weighted by atomic mass is 10.1. The molecule has 3 amide bonds. The molecule has 0 saturated carbocycles. The molecule has 0 aliphatic heterocycles. The van der Waals surface area contributed by atoms with Crippen LogP contribution in [0.2, 0.25) is 0 Å². The SMILES string of the molecule is Cc1nc(-c2ccc(F)cc2)sc1C(=O)O[C@H](C)C(=O)NC(=O)NC(C)(C)C. The normalized spacial score (nSPS) is 12.2. The first-order valence-electron chi connectivity index (χ1n) is 8.53. The van der Waals surface area contributed by atoms with Crippen molar-refractivity contribution in [1.29, 1.82) is 0 Å². The van der Waals surface area contributed by atoms with Crippen LogP contribution in [-0.4, -0.2) is 34.5 Å². The van der Waals surface area contributed by atoms with Gasteiger partial charge < -0.3 is 10.1 Å². The minimum Gasteiger partial charge on any atom is -0.448 e. The summed E-state index contributed by atoms with van der Waals surface area (Å²) in [6, 6.07) is 5.06. The van der Waals surface area contributed by atoms with Crippen molar-refractivity contribution < 1.29 is 23.5 Å². The number of ether oxygens (including phenoxy) is 1. The van der Waals surface area contributed by atoms with Crippen molar-refractivity contribution >= 4 is 29.2 Å². The highest BCUT2D eigenvalue weighted by Gasteiger charge is 2.25. The van der Waals surface area contributed by atoms with Crippen LogP contribution in [0, 0.1) is 12.7 Å². The summed E-state index contributed by atoms with van der Waals surface area (Å²) in [7, 11) is 0. The van der Waals surface area contributed by atoms with Gasteiger partial charge in [-0.05, 0) is 58.9 Å². The highest BCUT2D eigenvalue weighted by molar-refractivity contribution is 7.17. The number of nitrogens with one attached hydrogen (secondary N) is 2. The van der Waals surface area contributed by atoms with E-state index in [2.05, 4.69) is 15.6 Å². The smallest absolute Gasteiger partial charge is 0.351 e. The van der Waals surface area contributed by atoms with Crippen LogP contribution in [0.25, 0.3) is 10.6 Å². The lowest BCUT2D eigenvalue weighted by Gasteiger charge is -2.21. The molecule has 7 nitrogen and oxygen atoms in total. The zero-order valence-electron chi connectivity index (χ0n) is 16.3. The highest BCUT2D eigenvalue weighted by atomic mass is 32.1. The van der Waals surface area contributed by atoms with Gasteiger partial charge in [0.2, 0.25) is 0 Å². The van der Waals surface area contributed by atoms with Gasteiger partial charge in [0.1, 0.15) is 15.7 Å². The number of hydrogen-bond acceptors (Lipinski definition) is 6. The fourth-order valence-corrected chi connectivity index (χ4v) is 3.11. The Hall–Kier alpha value is -2.81. The van der Waals surface area contributed by atoms with E-state index in [-0.39, 0.29) is 10.7 Å². The van der Waals surface area contributed by atoms with Crippen molar-refractivity contribution in [1.82, 2.24) is 15.6 Å². The van der Waals surface area contributed by atoms with Gasteiger partial charge in [0, 0.05) is 11.1 Å². The second-order valence-corrected chi connectivity index (χ2v) is 8.18. The summed E-state index contributed by atoms with van der Waals surface area (Å²) < 4.78 is 18.2. The summed E-state index contributed by atoms with van der Waals surface area (Å²) >= 11 is 1.08. The van der Waals surface area contributed by atoms with Crippen LogP contribution < -0.4 is 10.6 Å². The third-order valence-electron chi connectivity index (χ3n) is 3.45. The monoisotopic (exact) mass is 407 g/mol. The highest BCUT2D eigenvalue weighted by Crippen LogP contribution is 2.28. The van der Waals surface area contributed by atoms with E-state index in [9.17, 15) is 18.8 Å². The Morgan fingerprint density at radius 1 is 1.18 bits per heavy atom. The van der Waals surface area contributed by atoms with Gasteiger partial charge in [0.05, 0.1) is 5.69 Å². The quantitative estimate of drug-likeness (QED) is 0.757. The summed E-state index contributed by atoms with van der Waals surface area (Å²) in [4.78, 5) is 40.7. The number of carbonyl (C=O) groups is 3. The van der Waals surface area contributed by atoms with Gasteiger partial charge in [0.15, 0.2) is 6.10 Å². The standard InChI is InChI=1S/C19H22FN3O4S/c1-10-14(28-16(21-10)12-6-8-13(20)9-7-12)17(25)27-11(2)15(24)22-18(26)23-19(3,4)5/h6-9,11H,1-5H3,(H2,22,23,24,26)/t11-/m1/s1. The molecule has 9 heteroatoms. The number of halogens is 1. The van der Waals surface area contributed by atoms with Crippen LogP contribution in [0.3, 0.4) is 0 Å². The molecule has 0 radical (unpaired) electrons. The molecule has 0 aliphatic carbocycles. The number of imide groups is 1. The fraction of sp³-hybridized carbons (Fsp3) is 0.368. The predicted molar refractivity (Wildman–Crippen MR) is 104 cm³/mol. The maximum Gasteiger partial charge on any atom is 0.351 e. The number of carbonyl (C=O) groups excluding carboxylic acids is 3. The molecule has 2 N–H and O–H groups in total. The molecule has 2 aromatic rings. The van der Waals surface area contributed by atoms with Gasteiger partial charge in [-0.2, -0.15) is 0 Å². The zero-order chi connectivity index (χ0) is 21.1. The Labute approximate surface area is 166 Å². The second-order valence-electron chi connectivity index (χ2n) is 7.18. The zero-order valence-corrected chi connectivity index (χ0v) is 17.1. The maximum atomic E-state index is 13.1. The van der Waals surface area contributed by atoms with Gasteiger partial charge in [-0.1, -0.05) is 0 Å². The Bertz CT molecular complexity index is 888. The van der Waals surface area contributed by atoms with E-state index < -0.39 is 29.6 Å². The Balaban J connectivity index is 2.03. The lowest BCUT2D eigenvalue weighted by Crippen LogP contribution is -2.50. The number of benzene rings is 1. The molecule has 0 spiro atoms. The number of nitrogens with zero attached hydrogens (tertiary/aromatic N) is 1. The van der Waals surface area contributed by atoms with Crippen LogP contribution in [0.5, 0.6) is 0 Å². The summed E-state index contributed by atoms with van der Waals surface area (Å²) in [5.41, 5.74) is 0.589. The van der Waals surface area contributed by atoms with Crippen molar-refractivity contribution in [3.05, 3.63) is 40.7 Å². The summed E-state index contributed by atoms with van der Waals surface area (Å²) in [5.74, 6) is -1.83. The van der Waals surface area contributed by atoms with Crippen molar-refractivity contribution in [3.8, 4) is 10.6 Å². The average molecular weight is 407 g/mol. The maximum absolute atomic E-state index is 13.1. The van der Waals surface area contributed by atoms with Gasteiger partial charge in [-0.3, -0.25) is 10.1 Å². The number of hydrogen-bond donors (Lipinski definition) is 2. The molecule has 150 valence electrons. The molecule has 0 bridgehead atoms. The Morgan fingerprint density at radius 3 is 2.36 bits per heavy atom. The lowest BCUT2D eigenvalue weighted by molar-refractivity contribution is -0.127. The number of urea groups is 1.